The van der Waals surface area contributed by atoms with Crippen LogP contribution in [0.2, 0.25) is 0 Å². The number of carbonyl (C=O) groups is 1. The zero-order chi connectivity index (χ0) is 18.2. The molecule has 0 amide bonds. The Labute approximate surface area is 139 Å². The first-order valence-electron chi connectivity index (χ1n) is 7.53. The predicted octanol–water partition coefficient (Wildman–Crippen LogP) is 2.51. The number of aromatic carboxylic acids is 1. The number of rotatable bonds is 3. The van der Waals surface area contributed by atoms with Crippen LogP contribution in [0, 0.1) is 5.82 Å². The van der Waals surface area contributed by atoms with Gasteiger partial charge in [-0.1, -0.05) is 0 Å². The summed E-state index contributed by atoms with van der Waals surface area (Å²) >= 11 is 0. The van der Waals surface area contributed by atoms with Crippen molar-refractivity contribution in [2.45, 2.75) is 18.8 Å². The van der Waals surface area contributed by atoms with E-state index in [0.717, 1.165) is 12.1 Å². The lowest BCUT2D eigenvalue weighted by atomic mass is 10.1. The van der Waals surface area contributed by atoms with Crippen molar-refractivity contribution in [2.75, 3.05) is 18.0 Å². The molecule has 1 aliphatic heterocycles. The van der Waals surface area contributed by atoms with Gasteiger partial charge in [-0.3, -0.25) is 4.79 Å². The zero-order valence-electron chi connectivity index (χ0n) is 12.9. The van der Waals surface area contributed by atoms with Crippen LogP contribution in [0.3, 0.4) is 0 Å². The van der Waals surface area contributed by atoms with Gasteiger partial charge in [-0.05, 0) is 24.3 Å². The van der Waals surface area contributed by atoms with Crippen molar-refractivity contribution in [2.24, 2.45) is 0 Å². The molecule has 2 aromatic rings. The summed E-state index contributed by atoms with van der Waals surface area (Å²) in [6.07, 6.45) is -0.781. The molecule has 1 saturated heterocycles. The highest BCUT2D eigenvalue weighted by molar-refractivity contribution is 5.86. The molecule has 6 nitrogen and oxygen atoms in total. The number of anilines is 1. The summed E-state index contributed by atoms with van der Waals surface area (Å²) in [6.45, 7) is -0.0452. The van der Waals surface area contributed by atoms with Crippen LogP contribution in [0.1, 0.15) is 23.3 Å². The minimum atomic E-state index is -2.78. The summed E-state index contributed by atoms with van der Waals surface area (Å²) < 4.78 is 39.9. The van der Waals surface area contributed by atoms with Crippen molar-refractivity contribution in [1.82, 2.24) is 9.97 Å². The van der Waals surface area contributed by atoms with Crippen molar-refractivity contribution in [3.05, 3.63) is 46.1 Å². The molecule has 0 bridgehead atoms. The average molecular weight is 353 g/mol. The Morgan fingerprint density at radius 1 is 1.20 bits per heavy atom. The van der Waals surface area contributed by atoms with Crippen LogP contribution >= 0.6 is 0 Å². The van der Waals surface area contributed by atoms with Gasteiger partial charge in [-0.15, -0.1) is 0 Å². The smallest absolute Gasteiger partial charge is 0.360 e. The number of carboxylic acid groups (broad SMARTS) is 1. The first-order chi connectivity index (χ1) is 11.8. The van der Waals surface area contributed by atoms with Crippen LogP contribution in [0.15, 0.2) is 29.1 Å². The van der Waals surface area contributed by atoms with Crippen molar-refractivity contribution in [3.8, 4) is 11.3 Å². The molecule has 2 heterocycles. The number of hydrogen-bond acceptors (Lipinski definition) is 4. The van der Waals surface area contributed by atoms with E-state index in [1.54, 1.807) is 0 Å². The maximum Gasteiger partial charge on any atom is 0.360 e. The van der Waals surface area contributed by atoms with Gasteiger partial charge < -0.3 is 15.0 Å². The van der Waals surface area contributed by atoms with Crippen molar-refractivity contribution < 1.29 is 23.1 Å². The third-order valence-electron chi connectivity index (χ3n) is 4.03. The molecule has 9 heteroatoms. The lowest BCUT2D eigenvalue weighted by Gasteiger charge is -2.33. The van der Waals surface area contributed by atoms with Gasteiger partial charge in [0, 0.05) is 31.5 Å². The zero-order valence-corrected chi connectivity index (χ0v) is 12.9. The number of H-pyrrole nitrogens is 1. The third kappa shape index (κ3) is 3.49. The van der Waals surface area contributed by atoms with Gasteiger partial charge >= 0.3 is 5.97 Å². The van der Waals surface area contributed by atoms with Crippen LogP contribution in [0.4, 0.5) is 19.0 Å². The Kier molecular flexibility index (Phi) is 4.23. The highest BCUT2D eigenvalue weighted by Gasteiger charge is 2.35. The molecule has 0 aliphatic carbocycles. The molecule has 25 heavy (non-hydrogen) atoms. The first-order valence-corrected chi connectivity index (χ1v) is 7.53. The second-order valence-electron chi connectivity index (χ2n) is 5.77. The molecule has 1 fully saturated rings. The molecule has 132 valence electrons. The molecule has 3 rings (SSSR count). The summed E-state index contributed by atoms with van der Waals surface area (Å²) in [6, 6.07) is 5.08. The molecule has 0 atom stereocenters. The SMILES string of the molecule is O=C(O)c1nc(-c2ccc(F)cc2)c(N2CCC(F)(F)CC2)[nH]c1=O. The van der Waals surface area contributed by atoms with Crippen LogP contribution in [-0.2, 0) is 0 Å². The molecule has 2 N–H and O–H groups in total. The van der Waals surface area contributed by atoms with Crippen LogP contribution in [0.5, 0.6) is 0 Å². The molecule has 1 aliphatic rings. The summed E-state index contributed by atoms with van der Waals surface area (Å²) in [5, 5.41) is 9.10. The maximum absolute atomic E-state index is 13.4. The number of aromatic amines is 1. The molecule has 0 saturated carbocycles. The Balaban J connectivity index is 2.10. The van der Waals surface area contributed by atoms with Crippen LogP contribution in [-0.4, -0.2) is 40.1 Å². The molecular formula is C16H14F3N3O3. The fourth-order valence-corrected chi connectivity index (χ4v) is 2.68. The fraction of sp³-hybridized carbons (Fsp3) is 0.312. The molecule has 1 aromatic heterocycles. The lowest BCUT2D eigenvalue weighted by molar-refractivity contribution is -0.0221. The average Bonchev–Trinajstić information content (AvgIpc) is 2.55. The predicted molar refractivity (Wildman–Crippen MR) is 83.6 cm³/mol. The van der Waals surface area contributed by atoms with Gasteiger partial charge in [0.05, 0.1) is 0 Å². The van der Waals surface area contributed by atoms with Gasteiger partial charge in [0.2, 0.25) is 5.69 Å². The number of aromatic nitrogens is 2. The number of nitrogens with zero attached hydrogens (tertiary/aromatic N) is 2. The number of halogens is 3. The Hall–Kier alpha value is -2.84. The number of piperidine rings is 1. The van der Waals surface area contributed by atoms with E-state index in [1.807, 2.05) is 0 Å². The van der Waals surface area contributed by atoms with Crippen molar-refractivity contribution in [3.63, 3.8) is 0 Å². The highest BCUT2D eigenvalue weighted by atomic mass is 19.3. The van der Waals surface area contributed by atoms with Gasteiger partial charge in [0.25, 0.3) is 11.5 Å². The van der Waals surface area contributed by atoms with Crippen molar-refractivity contribution >= 4 is 11.8 Å². The molecule has 1 aromatic carbocycles. The largest absolute Gasteiger partial charge is 0.476 e. The summed E-state index contributed by atoms with van der Waals surface area (Å²) in [4.78, 5) is 31.0. The minimum Gasteiger partial charge on any atom is -0.476 e. The summed E-state index contributed by atoms with van der Waals surface area (Å²) in [7, 11) is 0. The van der Waals surface area contributed by atoms with Gasteiger partial charge in [-0.25, -0.2) is 22.9 Å². The van der Waals surface area contributed by atoms with E-state index in [4.69, 9.17) is 5.11 Å². The normalized spacial score (nSPS) is 16.7. The van der Waals surface area contributed by atoms with E-state index in [-0.39, 0.29) is 24.6 Å². The molecule has 0 spiro atoms. The van der Waals surface area contributed by atoms with E-state index in [0.29, 0.717) is 5.56 Å². The Morgan fingerprint density at radius 2 is 1.80 bits per heavy atom. The van der Waals surface area contributed by atoms with E-state index in [1.165, 1.54) is 17.0 Å². The maximum atomic E-state index is 13.4. The third-order valence-corrected chi connectivity index (χ3v) is 4.03. The van der Waals surface area contributed by atoms with Gasteiger partial charge in [0.15, 0.2) is 0 Å². The second-order valence-corrected chi connectivity index (χ2v) is 5.77. The number of hydrogen-bond donors (Lipinski definition) is 2. The lowest BCUT2D eigenvalue weighted by Crippen LogP contribution is -2.41. The molecular weight excluding hydrogens is 339 g/mol. The van der Waals surface area contributed by atoms with E-state index in [2.05, 4.69) is 9.97 Å². The van der Waals surface area contributed by atoms with Crippen LogP contribution in [0.25, 0.3) is 11.3 Å². The van der Waals surface area contributed by atoms with E-state index >= 15 is 0 Å². The second kappa shape index (κ2) is 6.23. The van der Waals surface area contributed by atoms with Crippen LogP contribution < -0.4 is 10.5 Å². The number of alkyl halides is 2. The van der Waals surface area contributed by atoms with Gasteiger partial charge in [-0.2, -0.15) is 0 Å². The van der Waals surface area contributed by atoms with E-state index < -0.39 is 41.8 Å². The van der Waals surface area contributed by atoms with Crippen molar-refractivity contribution in [1.29, 1.82) is 0 Å². The first kappa shape index (κ1) is 17.0. The number of carboxylic acids is 1. The number of benzene rings is 1. The van der Waals surface area contributed by atoms with Gasteiger partial charge in [0.1, 0.15) is 17.3 Å². The summed E-state index contributed by atoms with van der Waals surface area (Å²) in [5.41, 5.74) is -1.18. The summed E-state index contributed by atoms with van der Waals surface area (Å²) in [5.74, 6) is -4.63. The minimum absolute atomic E-state index is 0.0226. The van der Waals surface area contributed by atoms with E-state index in [9.17, 15) is 22.8 Å². The topological polar surface area (TPSA) is 86.3 Å². The molecule has 0 radical (unpaired) electrons. The number of nitrogens with one attached hydrogen (secondary N) is 1. The molecule has 0 unspecified atom stereocenters. The quantitative estimate of drug-likeness (QED) is 0.885. The Bertz CT molecular complexity index is 855. The highest BCUT2D eigenvalue weighted by Crippen LogP contribution is 2.33. The fourth-order valence-electron chi connectivity index (χ4n) is 2.68. The standard InChI is InChI=1S/C16H14F3N3O3/c17-10-3-1-9(2-4-10)11-13(21-14(23)12(20-11)15(24)25)22-7-5-16(18,19)6-8-22/h1-4H,5-8H2,(H,21,23)(H,24,25). The Morgan fingerprint density at radius 3 is 2.36 bits per heavy atom. The monoisotopic (exact) mass is 353 g/mol.